The molecule has 2 aromatic heterocycles. The fourth-order valence-corrected chi connectivity index (χ4v) is 4.27. The lowest BCUT2D eigenvalue weighted by atomic mass is 9.89. The number of anilines is 1. The zero-order valence-electron chi connectivity index (χ0n) is 18.5. The predicted octanol–water partition coefficient (Wildman–Crippen LogP) is 3.54. The summed E-state index contributed by atoms with van der Waals surface area (Å²) in [7, 11) is 3.80. The molecule has 0 spiro atoms. The Morgan fingerprint density at radius 2 is 1.88 bits per heavy atom. The first kappa shape index (κ1) is 22.5. The number of imidazole rings is 1. The molecule has 0 unspecified atom stereocenters. The van der Waals surface area contributed by atoms with Crippen molar-refractivity contribution in [3.05, 3.63) is 77.4 Å². The first-order valence-corrected chi connectivity index (χ1v) is 10.6. The number of amidine groups is 1. The Labute approximate surface area is 197 Å². The van der Waals surface area contributed by atoms with Crippen LogP contribution in [-0.4, -0.2) is 31.0 Å². The molecule has 5 rings (SSSR count). The molecule has 0 aliphatic heterocycles. The molecule has 170 valence electrons. The maximum Gasteiger partial charge on any atom is 0.191 e. The molecule has 8 nitrogen and oxygen atoms in total. The topological polar surface area (TPSA) is 115 Å². The van der Waals surface area contributed by atoms with Gasteiger partial charge in [-0.3, -0.25) is 14.9 Å². The Morgan fingerprint density at radius 1 is 1.15 bits per heavy atom. The zero-order valence-corrected chi connectivity index (χ0v) is 19.3. The lowest BCUT2D eigenvalue weighted by Crippen LogP contribution is -2.23. The number of nitrogens with two attached hydrogens (primary N) is 1. The van der Waals surface area contributed by atoms with Crippen molar-refractivity contribution in [2.75, 3.05) is 5.32 Å². The number of benzene rings is 2. The molecular formula is C24H26ClN7O. The van der Waals surface area contributed by atoms with E-state index < -0.39 is 5.41 Å². The number of nitrogens with zero attached hydrogens (tertiary/aromatic N) is 4. The van der Waals surface area contributed by atoms with Gasteiger partial charge in [0.15, 0.2) is 5.78 Å². The number of carbonyl (C=O) groups excluding carboxylic acids is 1. The summed E-state index contributed by atoms with van der Waals surface area (Å²) in [5.74, 6) is 1.08. The third-order valence-electron chi connectivity index (χ3n) is 6.41. The van der Waals surface area contributed by atoms with Gasteiger partial charge >= 0.3 is 0 Å². The summed E-state index contributed by atoms with van der Waals surface area (Å²) < 4.78 is 3.72. The van der Waals surface area contributed by atoms with Crippen molar-refractivity contribution in [1.82, 2.24) is 19.3 Å². The van der Waals surface area contributed by atoms with Crippen LogP contribution in [0, 0.1) is 5.41 Å². The minimum Gasteiger partial charge on any atom is -0.384 e. The zero-order chi connectivity index (χ0) is 22.5. The van der Waals surface area contributed by atoms with E-state index in [0.29, 0.717) is 17.8 Å². The summed E-state index contributed by atoms with van der Waals surface area (Å²) in [5, 5.41) is 15.0. The molecule has 0 amide bonds. The van der Waals surface area contributed by atoms with Crippen molar-refractivity contribution >= 4 is 40.7 Å². The Kier molecular flexibility index (Phi) is 5.71. The van der Waals surface area contributed by atoms with Crippen molar-refractivity contribution < 1.29 is 4.79 Å². The van der Waals surface area contributed by atoms with Crippen LogP contribution >= 0.6 is 12.4 Å². The normalized spacial score (nSPS) is 14.0. The van der Waals surface area contributed by atoms with Gasteiger partial charge in [-0.2, -0.15) is 5.10 Å². The van der Waals surface area contributed by atoms with Crippen LogP contribution in [0.2, 0.25) is 0 Å². The van der Waals surface area contributed by atoms with Gasteiger partial charge in [0.05, 0.1) is 23.0 Å². The molecule has 1 aliphatic rings. The summed E-state index contributed by atoms with van der Waals surface area (Å²) in [6, 6.07) is 15.4. The highest BCUT2D eigenvalue weighted by molar-refractivity contribution is 6.05. The average Bonchev–Trinajstić information content (AvgIpc) is 3.40. The fraction of sp³-hybridized carbons (Fsp3) is 0.250. The summed E-state index contributed by atoms with van der Waals surface area (Å²) >= 11 is 0. The van der Waals surface area contributed by atoms with Crippen LogP contribution in [0.25, 0.3) is 11.0 Å². The predicted molar refractivity (Wildman–Crippen MR) is 131 cm³/mol. The number of hydrogen-bond donors (Lipinski definition) is 3. The Morgan fingerprint density at radius 3 is 2.48 bits per heavy atom. The van der Waals surface area contributed by atoms with Gasteiger partial charge in [-0.05, 0) is 60.9 Å². The van der Waals surface area contributed by atoms with Crippen LogP contribution < -0.4 is 11.1 Å². The lowest BCUT2D eigenvalue weighted by Gasteiger charge is -2.14. The summed E-state index contributed by atoms with van der Waals surface area (Å²) in [6.45, 7) is 0.555. The molecule has 0 atom stereocenters. The Hall–Kier alpha value is -3.65. The van der Waals surface area contributed by atoms with E-state index in [1.54, 1.807) is 24.0 Å². The van der Waals surface area contributed by atoms with Crippen molar-refractivity contribution in [1.29, 1.82) is 5.41 Å². The Balaban J connectivity index is 0.00000259. The van der Waals surface area contributed by atoms with Crippen molar-refractivity contribution in [3.63, 3.8) is 0 Å². The second-order valence-electron chi connectivity index (χ2n) is 8.39. The quantitative estimate of drug-likeness (QED) is 0.220. The maximum atomic E-state index is 13.2. The van der Waals surface area contributed by atoms with Crippen molar-refractivity contribution in [2.45, 2.75) is 24.8 Å². The number of hydrogen-bond acceptors (Lipinski definition) is 5. The second kappa shape index (κ2) is 8.37. The van der Waals surface area contributed by atoms with E-state index >= 15 is 0 Å². The van der Waals surface area contributed by atoms with Crippen LogP contribution in [0.3, 0.4) is 0 Å². The molecule has 0 radical (unpaired) electrons. The number of carbonyl (C=O) groups is 1. The highest BCUT2D eigenvalue weighted by Gasteiger charge is 2.52. The molecule has 2 heterocycles. The summed E-state index contributed by atoms with van der Waals surface area (Å²) in [6.07, 6.45) is 3.36. The van der Waals surface area contributed by atoms with E-state index in [0.717, 1.165) is 41.0 Å². The molecule has 0 saturated heterocycles. The van der Waals surface area contributed by atoms with Gasteiger partial charge in [0, 0.05) is 31.5 Å². The van der Waals surface area contributed by atoms with Crippen LogP contribution in [0.1, 0.15) is 40.3 Å². The highest BCUT2D eigenvalue weighted by atomic mass is 35.5. The SMILES string of the molecule is Cl.Cn1nccc1C(=O)C1(c2ccc3c(c2)nc(CNc2ccc(C(=N)N)cc2)n3C)CC1. The molecule has 4 N–H and O–H groups in total. The minimum absolute atomic E-state index is 0. The molecule has 2 aromatic carbocycles. The van der Waals surface area contributed by atoms with E-state index in [4.69, 9.17) is 16.1 Å². The van der Waals surface area contributed by atoms with E-state index in [9.17, 15) is 4.79 Å². The molecule has 0 bridgehead atoms. The van der Waals surface area contributed by atoms with Gasteiger partial charge < -0.3 is 15.6 Å². The van der Waals surface area contributed by atoms with Crippen LogP contribution in [-0.2, 0) is 26.1 Å². The van der Waals surface area contributed by atoms with Crippen molar-refractivity contribution in [3.8, 4) is 0 Å². The minimum atomic E-state index is -0.462. The van der Waals surface area contributed by atoms with E-state index in [2.05, 4.69) is 33.2 Å². The molecular weight excluding hydrogens is 438 g/mol. The third kappa shape index (κ3) is 3.87. The van der Waals surface area contributed by atoms with E-state index in [1.165, 1.54) is 0 Å². The van der Waals surface area contributed by atoms with Crippen LogP contribution in [0.5, 0.6) is 0 Å². The average molecular weight is 464 g/mol. The summed E-state index contributed by atoms with van der Waals surface area (Å²) in [5.41, 5.74) is 10.3. The first-order valence-electron chi connectivity index (χ1n) is 10.6. The lowest BCUT2D eigenvalue weighted by molar-refractivity contribution is 0.0936. The number of halogens is 1. The van der Waals surface area contributed by atoms with Gasteiger partial charge in [0.1, 0.15) is 17.4 Å². The van der Waals surface area contributed by atoms with Crippen molar-refractivity contribution in [2.24, 2.45) is 19.8 Å². The number of fused-ring (bicyclic) bond motifs is 1. The fourth-order valence-electron chi connectivity index (χ4n) is 4.27. The number of nitrogens with one attached hydrogen (secondary N) is 2. The smallest absolute Gasteiger partial charge is 0.191 e. The number of aromatic nitrogens is 4. The molecule has 1 aliphatic carbocycles. The maximum absolute atomic E-state index is 13.2. The van der Waals surface area contributed by atoms with Gasteiger partial charge in [0.25, 0.3) is 0 Å². The number of nitrogen functional groups attached to an aromatic ring is 1. The number of aryl methyl sites for hydroxylation is 2. The van der Waals surface area contributed by atoms with Gasteiger partial charge in [0.2, 0.25) is 0 Å². The van der Waals surface area contributed by atoms with Crippen LogP contribution in [0.15, 0.2) is 54.7 Å². The number of rotatable bonds is 7. The summed E-state index contributed by atoms with van der Waals surface area (Å²) in [4.78, 5) is 18.1. The number of ketones is 1. The molecule has 1 fully saturated rings. The Bertz CT molecular complexity index is 1350. The molecule has 9 heteroatoms. The second-order valence-corrected chi connectivity index (χ2v) is 8.39. The van der Waals surface area contributed by atoms with E-state index in [1.807, 2.05) is 31.3 Å². The largest absolute Gasteiger partial charge is 0.384 e. The third-order valence-corrected chi connectivity index (χ3v) is 6.41. The van der Waals surface area contributed by atoms with Crippen LogP contribution in [0.4, 0.5) is 5.69 Å². The highest BCUT2D eigenvalue weighted by Crippen LogP contribution is 2.50. The number of Topliss-reactive ketones (excluding diaryl/α,β-unsaturated/α-hetero) is 1. The molecule has 33 heavy (non-hydrogen) atoms. The van der Waals surface area contributed by atoms with Gasteiger partial charge in [-0.15, -0.1) is 12.4 Å². The van der Waals surface area contributed by atoms with Gasteiger partial charge in [-0.25, -0.2) is 4.98 Å². The van der Waals surface area contributed by atoms with E-state index in [-0.39, 0.29) is 24.0 Å². The van der Waals surface area contributed by atoms with Gasteiger partial charge in [-0.1, -0.05) is 6.07 Å². The first-order chi connectivity index (χ1) is 15.4. The standard InChI is InChI=1S/C24H25N7O.ClH/c1-30-19-8-5-16(24(10-11-24)22(32)20-9-12-28-31(20)2)13-18(19)29-21(30)14-27-17-6-3-15(4-7-17)23(25)26;/h3-9,12-13,27H,10-11,14H2,1-2H3,(H3,25,26);1H. The molecule has 1 saturated carbocycles. The monoisotopic (exact) mass is 463 g/mol. The molecule has 4 aromatic rings.